The molecule has 2 amide bonds. The molecule has 0 saturated carbocycles. The average Bonchev–Trinajstić information content (AvgIpc) is 3.00. The summed E-state index contributed by atoms with van der Waals surface area (Å²) in [4.78, 5) is 38.6. The molecule has 182 valence electrons. The van der Waals surface area contributed by atoms with Crippen molar-refractivity contribution in [3.8, 4) is 5.75 Å². The number of aryl methyl sites for hydroxylation is 2. The van der Waals surface area contributed by atoms with Crippen LogP contribution >= 0.6 is 0 Å². The van der Waals surface area contributed by atoms with Gasteiger partial charge in [0.25, 0.3) is 0 Å². The third-order valence-corrected chi connectivity index (χ3v) is 7.60. The molecule has 4 rings (SSSR count). The van der Waals surface area contributed by atoms with Gasteiger partial charge in [0.2, 0.25) is 11.8 Å². The van der Waals surface area contributed by atoms with Gasteiger partial charge in [0.05, 0.1) is 17.9 Å². The number of carbonyl (C=O) groups excluding carboxylic acids is 2. The molecular weight excluding hydrogens is 437 g/mol. The largest absolute Gasteiger partial charge is 0.507 e. The van der Waals surface area contributed by atoms with E-state index in [2.05, 4.69) is 0 Å². The van der Waals surface area contributed by atoms with E-state index >= 15 is 0 Å². The number of likely N-dealkylation sites (tertiary alicyclic amines) is 1. The van der Waals surface area contributed by atoms with Gasteiger partial charge in [-0.2, -0.15) is 0 Å². The molecule has 34 heavy (non-hydrogen) atoms. The lowest BCUT2D eigenvalue weighted by Crippen LogP contribution is -2.44. The number of carboxylic acids is 1. The predicted molar refractivity (Wildman–Crippen MR) is 125 cm³/mol. The number of rotatable bonds is 7. The Kier molecular flexibility index (Phi) is 6.87. The van der Waals surface area contributed by atoms with Gasteiger partial charge in [0.15, 0.2) is 0 Å². The first-order valence-corrected chi connectivity index (χ1v) is 12.0. The molecule has 8 nitrogen and oxygen atoms in total. The summed E-state index contributed by atoms with van der Waals surface area (Å²) in [5.41, 5.74) is 3.88. The van der Waals surface area contributed by atoms with E-state index < -0.39 is 31.0 Å². The van der Waals surface area contributed by atoms with Gasteiger partial charge >= 0.3 is 13.1 Å². The molecule has 1 aromatic rings. The zero-order chi connectivity index (χ0) is 24.7. The highest BCUT2D eigenvalue weighted by Gasteiger charge is 2.57. The Morgan fingerprint density at radius 1 is 1.09 bits per heavy atom. The molecule has 0 radical (unpaired) electrons. The van der Waals surface area contributed by atoms with Crippen LogP contribution in [0.2, 0.25) is 0 Å². The summed E-state index contributed by atoms with van der Waals surface area (Å²) in [5, 5.41) is 29.8. The number of aliphatic carboxylic acids is 1. The molecule has 2 aliphatic heterocycles. The predicted octanol–water partition coefficient (Wildman–Crippen LogP) is 3.07. The summed E-state index contributed by atoms with van der Waals surface area (Å²) in [7, 11) is -1.15. The SMILES string of the molecule is CC1=C2B(O)O[C@H](c3cc(C)c(O)c(C)c3)C[C@H]2[C@H]2C(=O)N(CCCCCC(=O)O)C(=O)[C@H]2C1. The molecule has 2 heterocycles. The number of hydrogen-bond acceptors (Lipinski definition) is 6. The number of amides is 2. The van der Waals surface area contributed by atoms with E-state index in [1.54, 1.807) is 0 Å². The third kappa shape index (κ3) is 4.39. The Hall–Kier alpha value is -2.65. The van der Waals surface area contributed by atoms with E-state index in [1.807, 2.05) is 32.9 Å². The minimum atomic E-state index is -1.15. The number of aromatic hydroxyl groups is 1. The average molecular weight is 469 g/mol. The van der Waals surface area contributed by atoms with Crippen LogP contribution in [-0.4, -0.2) is 51.6 Å². The molecule has 0 unspecified atom stereocenters. The quantitative estimate of drug-likeness (QED) is 0.319. The number of phenols is 1. The van der Waals surface area contributed by atoms with Crippen LogP contribution in [0.4, 0.5) is 0 Å². The van der Waals surface area contributed by atoms with Crippen LogP contribution in [0.3, 0.4) is 0 Å². The number of imide groups is 1. The summed E-state index contributed by atoms with van der Waals surface area (Å²) >= 11 is 0. The van der Waals surface area contributed by atoms with Gasteiger partial charge in [-0.1, -0.05) is 12.0 Å². The second-order valence-corrected chi connectivity index (χ2v) is 9.93. The van der Waals surface area contributed by atoms with Gasteiger partial charge in [-0.15, -0.1) is 0 Å². The Labute approximate surface area is 199 Å². The van der Waals surface area contributed by atoms with Gasteiger partial charge < -0.3 is 19.9 Å². The Morgan fingerprint density at radius 3 is 2.41 bits per heavy atom. The molecule has 3 aliphatic rings. The fraction of sp³-hybridized carbons (Fsp3) is 0.560. The summed E-state index contributed by atoms with van der Waals surface area (Å²) in [5.74, 6) is -2.24. The van der Waals surface area contributed by atoms with Crippen molar-refractivity contribution in [3.63, 3.8) is 0 Å². The van der Waals surface area contributed by atoms with Gasteiger partial charge in [-0.25, -0.2) is 0 Å². The van der Waals surface area contributed by atoms with E-state index in [1.165, 1.54) is 4.90 Å². The van der Waals surface area contributed by atoms with Crippen molar-refractivity contribution in [2.75, 3.05) is 6.54 Å². The first kappa shape index (κ1) is 24.5. The fourth-order valence-corrected chi connectivity index (χ4v) is 5.95. The second kappa shape index (κ2) is 9.54. The van der Waals surface area contributed by atoms with Gasteiger partial charge in [0.1, 0.15) is 5.75 Å². The smallest absolute Gasteiger partial charge is 0.487 e. The first-order chi connectivity index (χ1) is 16.1. The number of nitrogens with zero attached hydrogens (tertiary/aromatic N) is 1. The maximum absolute atomic E-state index is 13.4. The van der Waals surface area contributed by atoms with Gasteiger partial charge in [-0.05, 0) is 86.7 Å². The Bertz CT molecular complexity index is 1030. The monoisotopic (exact) mass is 469 g/mol. The molecule has 0 aromatic heterocycles. The van der Waals surface area contributed by atoms with Crippen LogP contribution in [0.1, 0.15) is 68.2 Å². The topological polar surface area (TPSA) is 124 Å². The molecule has 3 N–H and O–H groups in total. The van der Waals surface area contributed by atoms with Crippen LogP contribution in [0, 0.1) is 31.6 Å². The lowest BCUT2D eigenvalue weighted by Gasteiger charge is -2.41. The number of carbonyl (C=O) groups is 3. The van der Waals surface area contributed by atoms with Crippen molar-refractivity contribution in [1.82, 2.24) is 4.90 Å². The number of unbranched alkanes of at least 4 members (excludes halogenated alkanes) is 2. The minimum Gasteiger partial charge on any atom is -0.507 e. The normalized spacial score (nSPS) is 26.7. The van der Waals surface area contributed by atoms with Crippen molar-refractivity contribution in [3.05, 3.63) is 39.9 Å². The zero-order valence-electron chi connectivity index (χ0n) is 19.9. The van der Waals surface area contributed by atoms with E-state index in [0.29, 0.717) is 55.2 Å². The van der Waals surface area contributed by atoms with E-state index in [0.717, 1.165) is 11.1 Å². The molecule has 0 bridgehead atoms. The highest BCUT2D eigenvalue weighted by atomic mass is 16.5. The Morgan fingerprint density at radius 2 is 1.76 bits per heavy atom. The molecule has 4 atom stereocenters. The molecule has 9 heteroatoms. The molecule has 1 aromatic carbocycles. The third-order valence-electron chi connectivity index (χ3n) is 7.60. The van der Waals surface area contributed by atoms with Crippen molar-refractivity contribution in [2.24, 2.45) is 17.8 Å². The van der Waals surface area contributed by atoms with Crippen LogP contribution < -0.4 is 0 Å². The zero-order valence-corrected chi connectivity index (χ0v) is 19.9. The summed E-state index contributed by atoms with van der Waals surface area (Å²) in [6.07, 6.45) is 2.26. The maximum Gasteiger partial charge on any atom is 0.487 e. The first-order valence-electron chi connectivity index (χ1n) is 12.0. The lowest BCUT2D eigenvalue weighted by atomic mass is 9.55. The second-order valence-electron chi connectivity index (χ2n) is 9.93. The van der Waals surface area contributed by atoms with Crippen molar-refractivity contribution >= 4 is 24.9 Å². The minimum absolute atomic E-state index is 0.0805. The van der Waals surface area contributed by atoms with Gasteiger partial charge in [0, 0.05) is 13.0 Å². The van der Waals surface area contributed by atoms with Crippen LogP contribution in [0.5, 0.6) is 5.75 Å². The molecular formula is C25H32BNO7. The maximum atomic E-state index is 13.4. The number of benzene rings is 1. The lowest BCUT2D eigenvalue weighted by molar-refractivity contribution is -0.141. The number of allylic oxidation sites excluding steroid dienone is 2. The van der Waals surface area contributed by atoms with E-state index in [4.69, 9.17) is 9.76 Å². The fourth-order valence-electron chi connectivity index (χ4n) is 5.95. The molecule has 2 saturated heterocycles. The van der Waals surface area contributed by atoms with Crippen molar-refractivity contribution < 1.29 is 34.3 Å². The van der Waals surface area contributed by atoms with Crippen molar-refractivity contribution in [2.45, 2.75) is 65.4 Å². The highest BCUT2D eigenvalue weighted by Crippen LogP contribution is 2.51. The number of carboxylic acid groups (broad SMARTS) is 1. The number of hydrogen-bond donors (Lipinski definition) is 3. The summed E-state index contributed by atoms with van der Waals surface area (Å²) < 4.78 is 5.97. The van der Waals surface area contributed by atoms with Gasteiger partial charge in [-0.3, -0.25) is 19.3 Å². The number of fused-ring (bicyclic) bond motifs is 3. The van der Waals surface area contributed by atoms with E-state index in [-0.39, 0.29) is 29.9 Å². The number of phenolic OH excluding ortho intramolecular Hbond substituents is 1. The highest BCUT2D eigenvalue weighted by molar-refractivity contribution is 6.53. The van der Waals surface area contributed by atoms with E-state index in [9.17, 15) is 24.5 Å². The summed E-state index contributed by atoms with van der Waals surface area (Å²) in [6, 6.07) is 3.68. The molecule has 2 fully saturated rings. The van der Waals surface area contributed by atoms with Crippen LogP contribution in [-0.2, 0) is 19.0 Å². The summed E-state index contributed by atoms with van der Waals surface area (Å²) in [6.45, 7) is 5.81. The van der Waals surface area contributed by atoms with Crippen LogP contribution in [0.15, 0.2) is 23.2 Å². The van der Waals surface area contributed by atoms with Crippen molar-refractivity contribution in [1.29, 1.82) is 0 Å². The molecule has 0 spiro atoms. The standard InChI is InChI=1S/C25H32BNO7/c1-13-11-18-21(25(32)27(24(18)31)8-6-4-5-7-20(28)29)17-12-19(34-26(33)22(13)17)16-9-14(2)23(30)15(3)10-16/h9-10,17-19,21,30,33H,4-8,11-12H2,1-3H3,(H,28,29)/t17-,18-,19-,21+/m0/s1. The van der Waals surface area contributed by atoms with Crippen LogP contribution in [0.25, 0.3) is 0 Å². The Balaban J connectivity index is 1.55. The molecule has 1 aliphatic carbocycles.